The molecule has 0 spiro atoms. The van der Waals surface area contributed by atoms with E-state index in [0.29, 0.717) is 19.0 Å². The molecule has 0 atom stereocenters. The van der Waals surface area contributed by atoms with Gasteiger partial charge in [0.05, 0.1) is 0 Å². The van der Waals surface area contributed by atoms with Crippen LogP contribution in [0.3, 0.4) is 0 Å². The van der Waals surface area contributed by atoms with Crippen LogP contribution in [0.5, 0.6) is 0 Å². The lowest BCUT2D eigenvalue weighted by Gasteiger charge is -2.15. The summed E-state index contributed by atoms with van der Waals surface area (Å²) in [6, 6.07) is 11.6. The van der Waals surface area contributed by atoms with Crippen molar-refractivity contribution in [2.24, 2.45) is 0 Å². The van der Waals surface area contributed by atoms with Crippen molar-refractivity contribution in [3.8, 4) is 0 Å². The highest BCUT2D eigenvalue weighted by molar-refractivity contribution is 5.10. The van der Waals surface area contributed by atoms with E-state index in [4.69, 9.17) is 22.7 Å². The Morgan fingerprint density at radius 2 is 1.04 bits per heavy atom. The second-order valence-corrected chi connectivity index (χ2v) is 6.05. The maximum Gasteiger partial charge on any atom is 0.218 e. The Bertz CT molecular complexity index is 749. The Kier molecular flexibility index (Phi) is 6.36. The van der Waals surface area contributed by atoms with Crippen LogP contribution in [0.15, 0.2) is 49.6 Å². The van der Waals surface area contributed by atoms with Crippen LogP contribution in [-0.2, 0) is 41.9 Å². The number of rotatable bonds is 10. The number of hydrogen-bond acceptors (Lipinski definition) is 5. The standard InChI is InChI=1S/C21H26O5/c1-4-15-7-9-18(24-15)13-22-21(20-12-11-17(6-3)26-20)23-14-19-10-8-16(5-2)25-19/h7-12,21H,4-6,13-14H2,1-3H3. The third-order valence-electron chi connectivity index (χ3n) is 4.15. The molecule has 0 aliphatic heterocycles. The fourth-order valence-corrected chi connectivity index (χ4v) is 2.62. The predicted molar refractivity (Wildman–Crippen MR) is 96.6 cm³/mol. The Labute approximate surface area is 153 Å². The van der Waals surface area contributed by atoms with Gasteiger partial charge in [0.1, 0.15) is 42.0 Å². The average Bonchev–Trinajstić information content (AvgIpc) is 3.41. The van der Waals surface area contributed by atoms with E-state index in [0.717, 1.165) is 48.1 Å². The normalized spacial score (nSPS) is 11.5. The molecule has 3 rings (SSSR count). The van der Waals surface area contributed by atoms with Gasteiger partial charge in [-0.05, 0) is 36.4 Å². The molecule has 0 saturated carbocycles. The van der Waals surface area contributed by atoms with Crippen molar-refractivity contribution in [2.75, 3.05) is 0 Å². The van der Waals surface area contributed by atoms with E-state index < -0.39 is 6.29 Å². The van der Waals surface area contributed by atoms with Gasteiger partial charge in [0.15, 0.2) is 5.76 Å². The molecule has 0 N–H and O–H groups in total. The highest BCUT2D eigenvalue weighted by Crippen LogP contribution is 2.25. The minimum absolute atomic E-state index is 0.311. The number of furan rings is 3. The van der Waals surface area contributed by atoms with E-state index in [-0.39, 0.29) is 0 Å². The molecule has 3 aromatic rings. The van der Waals surface area contributed by atoms with Gasteiger partial charge in [-0.3, -0.25) is 0 Å². The van der Waals surface area contributed by atoms with E-state index in [9.17, 15) is 0 Å². The van der Waals surface area contributed by atoms with Crippen molar-refractivity contribution < 1.29 is 22.7 Å². The van der Waals surface area contributed by atoms with E-state index in [1.807, 2.05) is 43.3 Å². The Morgan fingerprint density at radius 1 is 0.615 bits per heavy atom. The number of ether oxygens (including phenoxy) is 2. The monoisotopic (exact) mass is 358 g/mol. The highest BCUT2D eigenvalue weighted by Gasteiger charge is 2.19. The summed E-state index contributed by atoms with van der Waals surface area (Å²) in [6.07, 6.45) is 1.91. The Hall–Kier alpha value is -2.24. The van der Waals surface area contributed by atoms with Gasteiger partial charge in [0.25, 0.3) is 0 Å². The molecule has 0 bridgehead atoms. The SMILES string of the molecule is CCc1ccc(COC(OCc2ccc(CC)o2)c2ccc(CC)o2)o1. The van der Waals surface area contributed by atoms with Crippen molar-refractivity contribution in [2.45, 2.75) is 59.5 Å². The summed E-state index contributed by atoms with van der Waals surface area (Å²) in [5.41, 5.74) is 0. The fourth-order valence-electron chi connectivity index (χ4n) is 2.62. The molecule has 3 heterocycles. The molecule has 0 saturated heterocycles. The maximum absolute atomic E-state index is 5.93. The molecule has 0 unspecified atom stereocenters. The van der Waals surface area contributed by atoms with Crippen LogP contribution in [0.25, 0.3) is 0 Å². The van der Waals surface area contributed by atoms with Crippen LogP contribution in [0, 0.1) is 0 Å². The quantitative estimate of drug-likeness (QED) is 0.442. The van der Waals surface area contributed by atoms with E-state index in [2.05, 4.69) is 13.8 Å². The van der Waals surface area contributed by atoms with Gasteiger partial charge in [0, 0.05) is 19.3 Å². The smallest absolute Gasteiger partial charge is 0.218 e. The number of aryl methyl sites for hydroxylation is 3. The molecule has 5 heteroatoms. The lowest BCUT2D eigenvalue weighted by molar-refractivity contribution is -0.176. The minimum atomic E-state index is -0.624. The van der Waals surface area contributed by atoms with Crippen LogP contribution in [-0.4, -0.2) is 0 Å². The van der Waals surface area contributed by atoms with E-state index >= 15 is 0 Å². The van der Waals surface area contributed by atoms with Gasteiger partial charge in [-0.25, -0.2) is 0 Å². The zero-order chi connectivity index (χ0) is 18.4. The van der Waals surface area contributed by atoms with Crippen molar-refractivity contribution in [1.29, 1.82) is 0 Å². The summed E-state index contributed by atoms with van der Waals surface area (Å²) in [7, 11) is 0. The molecule has 0 radical (unpaired) electrons. The molecule has 0 fully saturated rings. The zero-order valence-electron chi connectivity index (χ0n) is 15.6. The lowest BCUT2D eigenvalue weighted by Crippen LogP contribution is -2.08. The minimum Gasteiger partial charge on any atom is -0.464 e. The first-order chi connectivity index (χ1) is 12.7. The largest absolute Gasteiger partial charge is 0.464 e. The summed E-state index contributed by atoms with van der Waals surface area (Å²) in [5.74, 6) is 4.96. The zero-order valence-corrected chi connectivity index (χ0v) is 15.6. The molecule has 0 aliphatic rings. The third kappa shape index (κ3) is 4.68. The summed E-state index contributed by atoms with van der Waals surface area (Å²) < 4.78 is 29.1. The van der Waals surface area contributed by atoms with Crippen molar-refractivity contribution in [1.82, 2.24) is 0 Å². The summed E-state index contributed by atoms with van der Waals surface area (Å²) >= 11 is 0. The molecule has 0 aliphatic carbocycles. The second kappa shape index (κ2) is 8.92. The van der Waals surface area contributed by atoms with E-state index in [1.165, 1.54) is 0 Å². The fraction of sp³-hybridized carbons (Fsp3) is 0.429. The van der Waals surface area contributed by atoms with Crippen LogP contribution >= 0.6 is 0 Å². The summed E-state index contributed by atoms with van der Waals surface area (Å²) in [4.78, 5) is 0. The van der Waals surface area contributed by atoms with Gasteiger partial charge in [-0.2, -0.15) is 0 Å². The Balaban J connectivity index is 1.66. The molecule has 0 amide bonds. The Morgan fingerprint density at radius 3 is 1.46 bits per heavy atom. The van der Waals surface area contributed by atoms with Crippen molar-refractivity contribution in [3.63, 3.8) is 0 Å². The molecule has 26 heavy (non-hydrogen) atoms. The third-order valence-corrected chi connectivity index (χ3v) is 4.15. The molecule has 140 valence electrons. The van der Waals surface area contributed by atoms with Crippen molar-refractivity contribution in [3.05, 3.63) is 71.0 Å². The predicted octanol–water partition coefficient (Wildman–Crippen LogP) is 5.59. The van der Waals surface area contributed by atoms with E-state index in [1.54, 1.807) is 0 Å². The maximum atomic E-state index is 5.93. The second-order valence-electron chi connectivity index (χ2n) is 6.05. The molecular weight excluding hydrogens is 332 g/mol. The van der Waals surface area contributed by atoms with Crippen LogP contribution in [0.4, 0.5) is 0 Å². The first-order valence-corrected chi connectivity index (χ1v) is 9.18. The van der Waals surface area contributed by atoms with Gasteiger partial charge in [-0.1, -0.05) is 20.8 Å². The van der Waals surface area contributed by atoms with Gasteiger partial charge < -0.3 is 22.7 Å². The highest BCUT2D eigenvalue weighted by atomic mass is 16.7. The summed E-state index contributed by atoms with van der Waals surface area (Å²) in [6.45, 7) is 6.77. The lowest BCUT2D eigenvalue weighted by atomic mass is 10.3. The molecule has 3 aromatic heterocycles. The van der Waals surface area contributed by atoms with Crippen LogP contribution < -0.4 is 0 Å². The number of hydrogen-bond donors (Lipinski definition) is 0. The first kappa shape index (κ1) is 18.5. The van der Waals surface area contributed by atoms with Crippen molar-refractivity contribution >= 4 is 0 Å². The topological polar surface area (TPSA) is 57.9 Å². The molecule has 0 aromatic carbocycles. The van der Waals surface area contributed by atoms with Crippen LogP contribution in [0.2, 0.25) is 0 Å². The summed E-state index contributed by atoms with van der Waals surface area (Å²) in [5, 5.41) is 0. The average molecular weight is 358 g/mol. The van der Waals surface area contributed by atoms with Gasteiger partial charge >= 0.3 is 0 Å². The van der Waals surface area contributed by atoms with Crippen LogP contribution in [0.1, 0.15) is 61.6 Å². The molecular formula is C21H26O5. The van der Waals surface area contributed by atoms with Gasteiger partial charge in [0.2, 0.25) is 6.29 Å². The first-order valence-electron chi connectivity index (χ1n) is 9.18. The van der Waals surface area contributed by atoms with Gasteiger partial charge in [-0.15, -0.1) is 0 Å². The molecule has 5 nitrogen and oxygen atoms in total.